The Morgan fingerprint density at radius 3 is 2.86 bits per heavy atom. The van der Waals surface area contributed by atoms with Crippen molar-refractivity contribution in [2.45, 2.75) is 12.5 Å². The van der Waals surface area contributed by atoms with Gasteiger partial charge >= 0.3 is 0 Å². The second-order valence-corrected chi connectivity index (χ2v) is 2.89. The second-order valence-electron chi connectivity index (χ2n) is 2.89. The molecule has 4 heteroatoms. The molecule has 1 rings (SSSR count). The molecule has 0 unspecified atom stereocenters. The average Bonchev–Trinajstić information content (AvgIpc) is 2.17. The van der Waals surface area contributed by atoms with Crippen LogP contribution in [0.25, 0.3) is 0 Å². The fourth-order valence-corrected chi connectivity index (χ4v) is 1.17. The molecule has 1 aromatic carbocycles. The first-order valence-electron chi connectivity index (χ1n) is 4.18. The van der Waals surface area contributed by atoms with Gasteiger partial charge in [-0.3, -0.25) is 0 Å². The molecule has 4 nitrogen and oxygen atoms in total. The summed E-state index contributed by atoms with van der Waals surface area (Å²) in [4.78, 5) is 0. The van der Waals surface area contributed by atoms with Gasteiger partial charge in [-0.15, -0.1) is 0 Å². The predicted molar refractivity (Wildman–Crippen MR) is 51.8 cm³/mol. The monoisotopic (exact) mass is 192 g/mol. The van der Waals surface area contributed by atoms with Crippen LogP contribution in [0.15, 0.2) is 18.2 Å². The molecule has 3 N–H and O–H groups in total. The van der Waals surface area contributed by atoms with Crippen LogP contribution in [-0.2, 0) is 0 Å². The van der Waals surface area contributed by atoms with Crippen LogP contribution in [0.1, 0.15) is 18.0 Å². The normalized spacial score (nSPS) is 11.8. The number of phenolic OH excluding ortho intramolecular Hbond substituents is 1. The highest BCUT2D eigenvalue weighted by molar-refractivity contribution is 5.41. The zero-order chi connectivity index (χ0) is 10.6. The number of nitriles is 1. The van der Waals surface area contributed by atoms with E-state index in [9.17, 15) is 5.11 Å². The number of methoxy groups -OCH3 is 1. The van der Waals surface area contributed by atoms with E-state index in [2.05, 4.69) is 0 Å². The molecular formula is C10H12N2O2. The van der Waals surface area contributed by atoms with Crippen LogP contribution >= 0.6 is 0 Å². The minimum Gasteiger partial charge on any atom is -0.507 e. The van der Waals surface area contributed by atoms with Gasteiger partial charge in [0.25, 0.3) is 0 Å². The molecule has 0 aliphatic rings. The van der Waals surface area contributed by atoms with Gasteiger partial charge in [-0.2, -0.15) is 5.26 Å². The lowest BCUT2D eigenvalue weighted by Gasteiger charge is -2.10. The van der Waals surface area contributed by atoms with Crippen LogP contribution in [0.5, 0.6) is 11.5 Å². The highest BCUT2D eigenvalue weighted by Gasteiger charge is 2.10. The van der Waals surface area contributed by atoms with Crippen LogP contribution in [0.3, 0.4) is 0 Å². The highest BCUT2D eigenvalue weighted by Crippen LogP contribution is 2.28. The smallest absolute Gasteiger partial charge is 0.124 e. The molecule has 0 aliphatic carbocycles. The molecule has 0 spiro atoms. The third-order valence-electron chi connectivity index (χ3n) is 1.95. The van der Waals surface area contributed by atoms with Crippen molar-refractivity contribution in [3.05, 3.63) is 23.8 Å². The number of aromatic hydroxyl groups is 1. The van der Waals surface area contributed by atoms with Gasteiger partial charge < -0.3 is 15.6 Å². The van der Waals surface area contributed by atoms with Crippen molar-refractivity contribution < 1.29 is 9.84 Å². The Bertz CT molecular complexity index is 358. The van der Waals surface area contributed by atoms with E-state index in [4.69, 9.17) is 15.7 Å². The highest BCUT2D eigenvalue weighted by atomic mass is 16.5. The standard InChI is InChI=1S/C10H12N2O2/c1-14-7-2-3-8(10(13)6-7)9(12)4-5-11/h2-3,6,9,13H,4,12H2,1H3/t9-/m1/s1. The number of phenols is 1. The van der Waals surface area contributed by atoms with Crippen molar-refractivity contribution in [2.75, 3.05) is 7.11 Å². The Hall–Kier alpha value is -1.73. The molecular weight excluding hydrogens is 180 g/mol. The van der Waals surface area contributed by atoms with E-state index in [1.165, 1.54) is 13.2 Å². The zero-order valence-electron chi connectivity index (χ0n) is 7.90. The molecule has 0 aliphatic heterocycles. The fourth-order valence-electron chi connectivity index (χ4n) is 1.17. The first kappa shape index (κ1) is 10.4. The molecule has 0 bridgehead atoms. The Labute approximate surface area is 82.5 Å². The minimum absolute atomic E-state index is 0.0621. The van der Waals surface area contributed by atoms with Crippen molar-refractivity contribution in [1.29, 1.82) is 5.26 Å². The predicted octanol–water partition coefficient (Wildman–Crippen LogP) is 1.31. The van der Waals surface area contributed by atoms with E-state index in [0.717, 1.165) is 0 Å². The van der Waals surface area contributed by atoms with Crippen molar-refractivity contribution >= 4 is 0 Å². The van der Waals surface area contributed by atoms with E-state index in [1.807, 2.05) is 6.07 Å². The van der Waals surface area contributed by atoms with Crippen LogP contribution in [0.2, 0.25) is 0 Å². The van der Waals surface area contributed by atoms with E-state index in [1.54, 1.807) is 12.1 Å². The summed E-state index contributed by atoms with van der Waals surface area (Å²) in [5.74, 6) is 0.627. The summed E-state index contributed by atoms with van der Waals surface area (Å²) in [6, 6.07) is 6.34. The average molecular weight is 192 g/mol. The maximum atomic E-state index is 9.55. The van der Waals surface area contributed by atoms with Gasteiger partial charge in [-0.05, 0) is 6.07 Å². The zero-order valence-corrected chi connectivity index (χ0v) is 7.90. The maximum Gasteiger partial charge on any atom is 0.124 e. The number of benzene rings is 1. The molecule has 74 valence electrons. The SMILES string of the molecule is COc1ccc([C@H](N)CC#N)c(O)c1. The summed E-state index contributed by atoms with van der Waals surface area (Å²) in [6.07, 6.45) is 0.180. The molecule has 0 radical (unpaired) electrons. The topological polar surface area (TPSA) is 79.3 Å². The van der Waals surface area contributed by atoms with Gasteiger partial charge in [0, 0.05) is 17.7 Å². The van der Waals surface area contributed by atoms with Crippen LogP contribution < -0.4 is 10.5 Å². The number of rotatable bonds is 3. The number of hydrogen-bond acceptors (Lipinski definition) is 4. The summed E-state index contributed by atoms with van der Waals surface area (Å²) >= 11 is 0. The number of hydrogen-bond donors (Lipinski definition) is 2. The van der Waals surface area contributed by atoms with Crippen LogP contribution in [-0.4, -0.2) is 12.2 Å². The molecule has 1 aromatic rings. The Balaban J connectivity index is 2.94. The lowest BCUT2D eigenvalue weighted by Crippen LogP contribution is -2.09. The number of ether oxygens (including phenoxy) is 1. The van der Waals surface area contributed by atoms with Gasteiger partial charge in [0.15, 0.2) is 0 Å². The first-order valence-corrected chi connectivity index (χ1v) is 4.18. The maximum absolute atomic E-state index is 9.55. The minimum atomic E-state index is -0.453. The van der Waals surface area contributed by atoms with Crippen LogP contribution in [0.4, 0.5) is 0 Å². The van der Waals surface area contributed by atoms with Gasteiger partial charge in [0.2, 0.25) is 0 Å². The molecule has 1 atom stereocenters. The lowest BCUT2D eigenvalue weighted by molar-refractivity contribution is 0.405. The molecule has 0 saturated carbocycles. The fraction of sp³-hybridized carbons (Fsp3) is 0.300. The molecule has 0 saturated heterocycles. The Kier molecular flexibility index (Phi) is 3.32. The van der Waals surface area contributed by atoms with E-state index < -0.39 is 6.04 Å². The van der Waals surface area contributed by atoms with E-state index >= 15 is 0 Å². The molecule has 14 heavy (non-hydrogen) atoms. The number of nitrogens with two attached hydrogens (primary N) is 1. The van der Waals surface area contributed by atoms with Gasteiger partial charge in [-0.25, -0.2) is 0 Å². The quantitative estimate of drug-likeness (QED) is 0.756. The summed E-state index contributed by atoms with van der Waals surface area (Å²) in [5.41, 5.74) is 6.24. The summed E-state index contributed by atoms with van der Waals surface area (Å²) in [7, 11) is 1.52. The van der Waals surface area contributed by atoms with Gasteiger partial charge in [-0.1, -0.05) is 6.07 Å². The Morgan fingerprint density at radius 1 is 1.64 bits per heavy atom. The van der Waals surface area contributed by atoms with Crippen LogP contribution in [0, 0.1) is 11.3 Å². The van der Waals surface area contributed by atoms with Crippen molar-refractivity contribution in [1.82, 2.24) is 0 Å². The first-order chi connectivity index (χ1) is 6.69. The largest absolute Gasteiger partial charge is 0.507 e. The Morgan fingerprint density at radius 2 is 2.36 bits per heavy atom. The van der Waals surface area contributed by atoms with Crippen molar-refractivity contribution in [3.8, 4) is 17.6 Å². The molecule has 0 aromatic heterocycles. The summed E-state index contributed by atoms with van der Waals surface area (Å²) in [6.45, 7) is 0. The third kappa shape index (κ3) is 2.15. The van der Waals surface area contributed by atoms with Gasteiger partial charge in [0.1, 0.15) is 11.5 Å². The lowest BCUT2D eigenvalue weighted by atomic mass is 10.0. The summed E-state index contributed by atoms with van der Waals surface area (Å²) in [5, 5.41) is 18.0. The van der Waals surface area contributed by atoms with Crippen molar-refractivity contribution in [2.24, 2.45) is 5.73 Å². The summed E-state index contributed by atoms with van der Waals surface area (Å²) < 4.78 is 4.92. The second kappa shape index (κ2) is 4.49. The number of nitrogens with zero attached hydrogens (tertiary/aromatic N) is 1. The molecule has 0 heterocycles. The third-order valence-corrected chi connectivity index (χ3v) is 1.95. The van der Waals surface area contributed by atoms with E-state index in [-0.39, 0.29) is 12.2 Å². The van der Waals surface area contributed by atoms with E-state index in [0.29, 0.717) is 11.3 Å². The van der Waals surface area contributed by atoms with Crippen molar-refractivity contribution in [3.63, 3.8) is 0 Å². The molecule has 0 amide bonds. The molecule has 0 fully saturated rings. The van der Waals surface area contributed by atoms with Gasteiger partial charge in [0.05, 0.1) is 19.6 Å².